The smallest absolute Gasteiger partial charge is 0.193 e. The summed E-state index contributed by atoms with van der Waals surface area (Å²) in [6.07, 6.45) is 2.52. The summed E-state index contributed by atoms with van der Waals surface area (Å²) in [5.74, 6) is 3.20. The molecule has 0 saturated carbocycles. The normalized spacial score (nSPS) is 26.5. The molecule has 29 heavy (non-hydrogen) atoms. The molecule has 0 radical (unpaired) electrons. The molecule has 2 fully saturated rings. The van der Waals surface area contributed by atoms with Gasteiger partial charge in [-0.3, -0.25) is 9.89 Å². The Morgan fingerprint density at radius 2 is 1.83 bits per heavy atom. The van der Waals surface area contributed by atoms with Crippen molar-refractivity contribution in [2.75, 3.05) is 66.2 Å². The Kier molecular flexibility index (Phi) is 12.4. The minimum Gasteiger partial charge on any atom is -0.382 e. The molecule has 0 amide bonds. The van der Waals surface area contributed by atoms with Gasteiger partial charge in [0.05, 0.1) is 26.4 Å². The van der Waals surface area contributed by atoms with Crippen molar-refractivity contribution in [1.29, 1.82) is 0 Å². The van der Waals surface area contributed by atoms with Gasteiger partial charge in [0.15, 0.2) is 5.96 Å². The third kappa shape index (κ3) is 8.87. The second kappa shape index (κ2) is 13.3. The van der Waals surface area contributed by atoms with Gasteiger partial charge in [-0.1, -0.05) is 13.8 Å². The van der Waals surface area contributed by atoms with Crippen LogP contribution in [0.5, 0.6) is 0 Å². The monoisotopic (exact) mass is 524 g/mol. The van der Waals surface area contributed by atoms with Gasteiger partial charge in [0.25, 0.3) is 0 Å². The van der Waals surface area contributed by atoms with Crippen LogP contribution in [0.3, 0.4) is 0 Å². The summed E-state index contributed by atoms with van der Waals surface area (Å²) in [4.78, 5) is 10.1. The number of likely N-dealkylation sites (tertiary alicyclic amines) is 2. The van der Waals surface area contributed by atoms with E-state index in [-0.39, 0.29) is 29.5 Å². The Balaban J connectivity index is 0.00000420. The molecule has 0 bridgehead atoms. The number of methoxy groups -OCH3 is 1. The molecule has 0 aromatic rings. The van der Waals surface area contributed by atoms with E-state index in [2.05, 4.69) is 49.7 Å². The molecular formula is C22H45IN4O2. The van der Waals surface area contributed by atoms with E-state index in [9.17, 15) is 0 Å². The minimum atomic E-state index is 0. The highest BCUT2D eigenvalue weighted by Crippen LogP contribution is 2.27. The summed E-state index contributed by atoms with van der Waals surface area (Å²) in [6, 6.07) is 0. The number of ether oxygens (including phenoxy) is 2. The van der Waals surface area contributed by atoms with E-state index in [0.29, 0.717) is 19.1 Å². The average Bonchev–Trinajstić information content (AvgIpc) is 3.10. The molecule has 2 aliphatic heterocycles. The third-order valence-corrected chi connectivity index (χ3v) is 6.05. The highest BCUT2D eigenvalue weighted by Gasteiger charge is 2.33. The summed E-state index contributed by atoms with van der Waals surface area (Å²) < 4.78 is 10.8. The van der Waals surface area contributed by atoms with Crippen molar-refractivity contribution in [3.8, 4) is 0 Å². The molecule has 0 spiro atoms. The maximum absolute atomic E-state index is 5.74. The number of nitrogens with zero attached hydrogens (tertiary/aromatic N) is 3. The van der Waals surface area contributed by atoms with Crippen molar-refractivity contribution in [1.82, 2.24) is 15.1 Å². The first-order valence-electron chi connectivity index (χ1n) is 11.2. The number of rotatable bonds is 9. The molecule has 1 N–H and O–H groups in total. The summed E-state index contributed by atoms with van der Waals surface area (Å²) in [5.41, 5.74) is 0.0893. The van der Waals surface area contributed by atoms with E-state index in [1.165, 1.54) is 25.9 Å². The summed E-state index contributed by atoms with van der Waals surface area (Å²) in [7, 11) is 1.71. The van der Waals surface area contributed by atoms with Crippen LogP contribution in [-0.2, 0) is 9.47 Å². The van der Waals surface area contributed by atoms with Crippen molar-refractivity contribution in [2.45, 2.75) is 53.0 Å². The molecule has 0 aromatic carbocycles. The Morgan fingerprint density at radius 3 is 2.45 bits per heavy atom. The lowest BCUT2D eigenvalue weighted by Crippen LogP contribution is -2.53. The first kappa shape index (κ1) is 26.9. The molecule has 172 valence electrons. The zero-order valence-corrected chi connectivity index (χ0v) is 21.9. The van der Waals surface area contributed by atoms with E-state index in [4.69, 9.17) is 14.5 Å². The number of aliphatic imine (C=N–C) groups is 1. The first-order chi connectivity index (χ1) is 13.4. The first-order valence-corrected chi connectivity index (χ1v) is 11.2. The minimum absolute atomic E-state index is 0. The molecule has 0 aromatic heterocycles. The zero-order chi connectivity index (χ0) is 20.6. The van der Waals surface area contributed by atoms with Gasteiger partial charge in [-0.25, -0.2) is 0 Å². The largest absolute Gasteiger partial charge is 0.382 e. The van der Waals surface area contributed by atoms with Crippen LogP contribution < -0.4 is 5.32 Å². The van der Waals surface area contributed by atoms with Gasteiger partial charge in [-0.15, -0.1) is 24.0 Å². The van der Waals surface area contributed by atoms with Crippen molar-refractivity contribution in [3.05, 3.63) is 0 Å². The highest BCUT2D eigenvalue weighted by molar-refractivity contribution is 14.0. The third-order valence-electron chi connectivity index (χ3n) is 6.05. The Bertz CT molecular complexity index is 479. The number of piperidine rings is 1. The van der Waals surface area contributed by atoms with Crippen LogP contribution in [0.25, 0.3) is 0 Å². The molecule has 2 saturated heterocycles. The molecule has 3 atom stereocenters. The predicted octanol–water partition coefficient (Wildman–Crippen LogP) is 3.31. The van der Waals surface area contributed by atoms with Gasteiger partial charge in [-0.2, -0.15) is 0 Å². The Morgan fingerprint density at radius 1 is 1.14 bits per heavy atom. The Labute approximate surface area is 196 Å². The molecule has 2 heterocycles. The lowest BCUT2D eigenvalue weighted by Gasteiger charge is -2.44. The zero-order valence-electron chi connectivity index (χ0n) is 19.6. The maximum atomic E-state index is 5.74. The molecule has 6 nitrogen and oxygen atoms in total. The number of guanidine groups is 1. The quantitative estimate of drug-likeness (QED) is 0.217. The van der Waals surface area contributed by atoms with Crippen LogP contribution in [0.4, 0.5) is 0 Å². The van der Waals surface area contributed by atoms with Crippen molar-refractivity contribution in [2.24, 2.45) is 22.7 Å². The molecule has 0 aliphatic carbocycles. The standard InChI is InChI=1S/C22H44N4O2.HI/c1-7-23-21(25-9-8-20(15-25)16-28-11-10-27-6)24-17-22(4,5)26-13-18(2)12-19(3)14-26;/h18-20H,7-17H2,1-6H3,(H,23,24);1H. The lowest BCUT2D eigenvalue weighted by molar-refractivity contribution is 0.0509. The van der Waals surface area contributed by atoms with Crippen LogP contribution in [-0.4, -0.2) is 87.5 Å². The number of hydrogen-bond acceptors (Lipinski definition) is 4. The molecule has 2 aliphatic rings. The fourth-order valence-corrected chi connectivity index (χ4v) is 4.50. The van der Waals surface area contributed by atoms with Crippen molar-refractivity contribution >= 4 is 29.9 Å². The van der Waals surface area contributed by atoms with Crippen LogP contribution in [0, 0.1) is 17.8 Å². The summed E-state index contributed by atoms with van der Waals surface area (Å²) in [6.45, 7) is 20.0. The van der Waals surface area contributed by atoms with Crippen molar-refractivity contribution in [3.63, 3.8) is 0 Å². The van der Waals surface area contributed by atoms with Crippen LogP contribution in [0.2, 0.25) is 0 Å². The van der Waals surface area contributed by atoms with E-state index in [1.807, 2.05) is 0 Å². The van der Waals surface area contributed by atoms with Crippen LogP contribution in [0.1, 0.15) is 47.5 Å². The maximum Gasteiger partial charge on any atom is 0.193 e. The summed E-state index contributed by atoms with van der Waals surface area (Å²) in [5, 5.41) is 3.51. The van der Waals surface area contributed by atoms with E-state index >= 15 is 0 Å². The SMILES string of the molecule is CCNC(=NCC(C)(C)N1CC(C)CC(C)C1)N1CCC(COCCOC)C1.I. The van der Waals surface area contributed by atoms with Gasteiger partial charge in [-0.05, 0) is 45.4 Å². The number of nitrogens with one attached hydrogen (secondary N) is 1. The summed E-state index contributed by atoms with van der Waals surface area (Å²) >= 11 is 0. The van der Waals surface area contributed by atoms with E-state index < -0.39 is 0 Å². The second-order valence-corrected chi connectivity index (χ2v) is 9.50. The van der Waals surface area contributed by atoms with Gasteiger partial charge in [0.1, 0.15) is 0 Å². The van der Waals surface area contributed by atoms with Gasteiger partial charge in [0.2, 0.25) is 0 Å². The number of halogens is 1. The van der Waals surface area contributed by atoms with Crippen molar-refractivity contribution < 1.29 is 9.47 Å². The number of hydrogen-bond donors (Lipinski definition) is 1. The van der Waals surface area contributed by atoms with E-state index in [1.54, 1.807) is 7.11 Å². The van der Waals surface area contributed by atoms with Gasteiger partial charge < -0.3 is 19.7 Å². The van der Waals surface area contributed by atoms with Crippen LogP contribution >= 0.6 is 24.0 Å². The van der Waals surface area contributed by atoms with Gasteiger partial charge >= 0.3 is 0 Å². The van der Waals surface area contributed by atoms with Gasteiger partial charge in [0, 0.05) is 51.3 Å². The average molecular weight is 525 g/mol. The topological polar surface area (TPSA) is 49.3 Å². The highest BCUT2D eigenvalue weighted by atomic mass is 127. The molecular weight excluding hydrogens is 479 g/mol. The Hall–Kier alpha value is -0.120. The van der Waals surface area contributed by atoms with Crippen LogP contribution in [0.15, 0.2) is 4.99 Å². The molecule has 3 unspecified atom stereocenters. The lowest BCUT2D eigenvalue weighted by atomic mass is 9.88. The van der Waals surface area contributed by atoms with E-state index in [0.717, 1.165) is 50.6 Å². The predicted molar refractivity (Wildman–Crippen MR) is 132 cm³/mol. The second-order valence-electron chi connectivity index (χ2n) is 9.50. The fraction of sp³-hybridized carbons (Fsp3) is 0.955. The molecule has 2 rings (SSSR count). The molecule has 7 heteroatoms. The fourth-order valence-electron chi connectivity index (χ4n) is 4.50.